The Hall–Kier alpha value is -1.82. The average molecular weight is 286 g/mol. The highest BCUT2D eigenvalue weighted by molar-refractivity contribution is 7.90. The fourth-order valence-corrected chi connectivity index (χ4v) is 2.65. The van der Waals surface area contributed by atoms with Gasteiger partial charge in [0, 0.05) is 11.8 Å². The molecule has 2 rings (SSSR count). The van der Waals surface area contributed by atoms with E-state index in [-0.39, 0.29) is 16.0 Å². The van der Waals surface area contributed by atoms with Crippen LogP contribution in [-0.4, -0.2) is 14.7 Å². The van der Waals surface area contributed by atoms with Crippen LogP contribution in [0.5, 0.6) is 0 Å². The normalized spacial score (nSPS) is 11.6. The first-order valence-corrected chi connectivity index (χ1v) is 7.14. The zero-order chi connectivity index (χ0) is 14.2. The van der Waals surface area contributed by atoms with E-state index in [9.17, 15) is 21.6 Å². The van der Waals surface area contributed by atoms with Crippen molar-refractivity contribution in [3.05, 3.63) is 53.8 Å². The van der Waals surface area contributed by atoms with Gasteiger partial charge in [0.1, 0.15) is 0 Å². The lowest BCUT2D eigenvalue weighted by atomic mass is 10.1. The van der Waals surface area contributed by atoms with Crippen molar-refractivity contribution in [3.63, 3.8) is 0 Å². The first-order chi connectivity index (χ1) is 8.80. The number of benzene rings is 2. The molecule has 2 aromatic carbocycles. The highest BCUT2D eigenvalue weighted by Crippen LogP contribution is 2.29. The number of halogens is 3. The van der Waals surface area contributed by atoms with E-state index in [1.165, 1.54) is 24.3 Å². The van der Waals surface area contributed by atoms with Gasteiger partial charge >= 0.3 is 0 Å². The van der Waals surface area contributed by atoms with E-state index in [2.05, 4.69) is 0 Å². The van der Waals surface area contributed by atoms with Gasteiger partial charge in [0.2, 0.25) is 0 Å². The summed E-state index contributed by atoms with van der Waals surface area (Å²) in [4.78, 5) is -0.0691. The molecule has 100 valence electrons. The maximum atomic E-state index is 13.2. The maximum absolute atomic E-state index is 13.2. The van der Waals surface area contributed by atoms with Crippen LogP contribution < -0.4 is 0 Å². The summed E-state index contributed by atoms with van der Waals surface area (Å²) in [6.07, 6.45) is 0.988. The Balaban J connectivity index is 2.74. The lowest BCUT2D eigenvalue weighted by Crippen LogP contribution is -2.00. The Labute approximate surface area is 108 Å². The lowest BCUT2D eigenvalue weighted by molar-refractivity contribution is 0.447. The molecule has 0 aliphatic rings. The lowest BCUT2D eigenvalue weighted by Gasteiger charge is -2.08. The van der Waals surface area contributed by atoms with Crippen LogP contribution in [-0.2, 0) is 9.84 Å². The molecule has 19 heavy (non-hydrogen) atoms. The molecule has 0 saturated heterocycles. The summed E-state index contributed by atoms with van der Waals surface area (Å²) in [6, 6.07) is 7.29. The highest BCUT2D eigenvalue weighted by Gasteiger charge is 2.17. The van der Waals surface area contributed by atoms with Gasteiger partial charge in [-0.25, -0.2) is 21.6 Å². The van der Waals surface area contributed by atoms with E-state index in [0.29, 0.717) is 0 Å². The molecule has 0 aliphatic carbocycles. The first-order valence-electron chi connectivity index (χ1n) is 5.24. The van der Waals surface area contributed by atoms with Gasteiger partial charge < -0.3 is 0 Å². The fraction of sp³-hybridized carbons (Fsp3) is 0.0769. The van der Waals surface area contributed by atoms with Crippen LogP contribution >= 0.6 is 0 Å². The summed E-state index contributed by atoms with van der Waals surface area (Å²) < 4.78 is 62.5. The summed E-state index contributed by atoms with van der Waals surface area (Å²) in [5.74, 6) is -4.31. The minimum atomic E-state index is -3.56. The maximum Gasteiger partial charge on any atom is 0.194 e. The standard InChI is InChI=1S/C13H9F3O2S/c1-19(17,18)12-5-3-2-4-9(12)8-6-10(14)13(16)11(15)7-8/h2-7H,1H3. The number of sulfone groups is 1. The van der Waals surface area contributed by atoms with Crippen molar-refractivity contribution < 1.29 is 21.6 Å². The summed E-state index contributed by atoms with van der Waals surface area (Å²) in [5.41, 5.74) is 0.0974. The SMILES string of the molecule is CS(=O)(=O)c1ccccc1-c1cc(F)c(F)c(F)c1. The zero-order valence-corrected chi connectivity index (χ0v) is 10.6. The van der Waals surface area contributed by atoms with Crippen LogP contribution in [0.2, 0.25) is 0 Å². The van der Waals surface area contributed by atoms with Crippen molar-refractivity contribution >= 4 is 9.84 Å². The Kier molecular flexibility index (Phi) is 3.36. The van der Waals surface area contributed by atoms with E-state index in [1.807, 2.05) is 0 Å². The Morgan fingerprint density at radius 3 is 2.00 bits per heavy atom. The molecule has 0 fully saturated rings. The molecule has 0 amide bonds. The van der Waals surface area contributed by atoms with Gasteiger partial charge in [-0.1, -0.05) is 18.2 Å². The molecule has 0 aromatic heterocycles. The third-order valence-corrected chi connectivity index (χ3v) is 3.74. The molecule has 0 aliphatic heterocycles. The minimum Gasteiger partial charge on any atom is -0.224 e. The number of hydrogen-bond acceptors (Lipinski definition) is 2. The van der Waals surface area contributed by atoms with Gasteiger partial charge in [0.25, 0.3) is 0 Å². The molecular weight excluding hydrogens is 277 g/mol. The van der Waals surface area contributed by atoms with Crippen LogP contribution in [0.3, 0.4) is 0 Å². The first kappa shape index (κ1) is 13.6. The van der Waals surface area contributed by atoms with Gasteiger partial charge in [-0.05, 0) is 23.8 Å². The molecule has 0 radical (unpaired) electrons. The molecule has 2 aromatic rings. The second kappa shape index (κ2) is 4.70. The Bertz CT molecular complexity index is 716. The van der Waals surface area contributed by atoms with Crippen molar-refractivity contribution in [1.82, 2.24) is 0 Å². The van der Waals surface area contributed by atoms with Gasteiger partial charge in [-0.3, -0.25) is 0 Å². The predicted molar refractivity (Wildman–Crippen MR) is 64.9 cm³/mol. The smallest absolute Gasteiger partial charge is 0.194 e. The van der Waals surface area contributed by atoms with Crippen LogP contribution in [0.1, 0.15) is 0 Å². The predicted octanol–water partition coefficient (Wildman–Crippen LogP) is 3.17. The minimum absolute atomic E-state index is 0.0302. The van der Waals surface area contributed by atoms with Crippen LogP contribution in [0.4, 0.5) is 13.2 Å². The molecule has 0 N–H and O–H groups in total. The molecule has 0 atom stereocenters. The third-order valence-electron chi connectivity index (χ3n) is 2.58. The van der Waals surface area contributed by atoms with E-state index >= 15 is 0 Å². The van der Waals surface area contributed by atoms with Crippen molar-refractivity contribution in [3.8, 4) is 11.1 Å². The van der Waals surface area contributed by atoms with Gasteiger partial charge in [-0.15, -0.1) is 0 Å². The van der Waals surface area contributed by atoms with Crippen molar-refractivity contribution in [2.24, 2.45) is 0 Å². The van der Waals surface area contributed by atoms with E-state index in [0.717, 1.165) is 18.4 Å². The number of rotatable bonds is 2. The molecule has 0 spiro atoms. The second-order valence-corrected chi connectivity index (χ2v) is 6.01. The van der Waals surface area contributed by atoms with Gasteiger partial charge in [0.15, 0.2) is 27.3 Å². The largest absolute Gasteiger partial charge is 0.224 e. The quantitative estimate of drug-likeness (QED) is 0.795. The highest BCUT2D eigenvalue weighted by atomic mass is 32.2. The van der Waals surface area contributed by atoms with E-state index in [4.69, 9.17) is 0 Å². The van der Waals surface area contributed by atoms with E-state index < -0.39 is 27.3 Å². The van der Waals surface area contributed by atoms with Crippen LogP contribution in [0.15, 0.2) is 41.3 Å². The third kappa shape index (κ3) is 2.63. The summed E-state index contributed by atoms with van der Waals surface area (Å²) >= 11 is 0. The molecule has 0 heterocycles. The van der Waals surface area contributed by atoms with Crippen LogP contribution in [0, 0.1) is 17.5 Å². The van der Waals surface area contributed by atoms with Gasteiger partial charge in [0.05, 0.1) is 4.90 Å². The Morgan fingerprint density at radius 2 is 1.47 bits per heavy atom. The monoisotopic (exact) mass is 286 g/mol. The van der Waals surface area contributed by atoms with Crippen molar-refractivity contribution in [2.45, 2.75) is 4.90 Å². The molecule has 6 heteroatoms. The fourth-order valence-electron chi connectivity index (χ4n) is 1.74. The molecule has 0 saturated carbocycles. The summed E-state index contributed by atoms with van der Waals surface area (Å²) in [6.45, 7) is 0. The van der Waals surface area contributed by atoms with E-state index in [1.54, 1.807) is 0 Å². The van der Waals surface area contributed by atoms with Crippen molar-refractivity contribution in [1.29, 1.82) is 0 Å². The molecule has 0 bridgehead atoms. The average Bonchev–Trinajstić information content (AvgIpc) is 2.34. The number of hydrogen-bond donors (Lipinski definition) is 0. The topological polar surface area (TPSA) is 34.1 Å². The van der Waals surface area contributed by atoms with Crippen LogP contribution in [0.25, 0.3) is 11.1 Å². The molecular formula is C13H9F3O2S. The van der Waals surface area contributed by atoms with Gasteiger partial charge in [-0.2, -0.15) is 0 Å². The zero-order valence-electron chi connectivity index (χ0n) is 9.82. The second-order valence-electron chi connectivity index (χ2n) is 4.02. The molecule has 0 unspecified atom stereocenters. The molecule has 2 nitrogen and oxygen atoms in total. The van der Waals surface area contributed by atoms with Crippen molar-refractivity contribution in [2.75, 3.05) is 6.26 Å². The Morgan fingerprint density at radius 1 is 0.947 bits per heavy atom. The summed E-state index contributed by atoms with van der Waals surface area (Å²) in [5, 5.41) is 0. The summed E-state index contributed by atoms with van der Waals surface area (Å²) in [7, 11) is -3.56.